The van der Waals surface area contributed by atoms with Crippen molar-refractivity contribution in [2.45, 2.75) is 44.6 Å². The molecule has 0 bridgehead atoms. The van der Waals surface area contributed by atoms with Gasteiger partial charge in [0.25, 0.3) is 0 Å². The van der Waals surface area contributed by atoms with Gasteiger partial charge in [-0.05, 0) is 31.6 Å². The van der Waals surface area contributed by atoms with Gasteiger partial charge in [-0.1, -0.05) is 12.8 Å². The first-order chi connectivity index (χ1) is 8.29. The molecule has 98 valence electrons. The van der Waals surface area contributed by atoms with Crippen LogP contribution in [-0.4, -0.2) is 48.2 Å². The van der Waals surface area contributed by atoms with Crippen molar-refractivity contribution >= 4 is 5.91 Å². The van der Waals surface area contributed by atoms with E-state index in [1.807, 2.05) is 4.90 Å². The zero-order chi connectivity index (χ0) is 12.1. The maximum atomic E-state index is 12.0. The second-order valence-electron chi connectivity index (χ2n) is 5.37. The lowest BCUT2D eigenvalue weighted by atomic mass is 9.98. The van der Waals surface area contributed by atoms with Crippen LogP contribution in [0.1, 0.15) is 38.5 Å². The number of likely N-dealkylation sites (tertiary alicyclic amines) is 1. The van der Waals surface area contributed by atoms with E-state index in [2.05, 4.69) is 5.32 Å². The van der Waals surface area contributed by atoms with Crippen LogP contribution in [0.4, 0.5) is 0 Å². The van der Waals surface area contributed by atoms with E-state index in [4.69, 9.17) is 5.11 Å². The minimum absolute atomic E-state index is 0.230. The van der Waals surface area contributed by atoms with Crippen LogP contribution in [0.25, 0.3) is 0 Å². The summed E-state index contributed by atoms with van der Waals surface area (Å²) in [4.78, 5) is 13.9. The van der Waals surface area contributed by atoms with E-state index in [0.29, 0.717) is 18.5 Å². The van der Waals surface area contributed by atoms with Crippen LogP contribution in [0.5, 0.6) is 0 Å². The average molecular weight is 240 g/mol. The maximum absolute atomic E-state index is 12.0. The Kier molecular flexibility index (Phi) is 4.80. The number of carbonyl (C=O) groups is 1. The Morgan fingerprint density at radius 1 is 1.18 bits per heavy atom. The molecule has 0 spiro atoms. The van der Waals surface area contributed by atoms with Crippen LogP contribution in [0, 0.1) is 5.92 Å². The second kappa shape index (κ2) is 6.36. The van der Waals surface area contributed by atoms with Gasteiger partial charge in [-0.15, -0.1) is 0 Å². The number of carbonyl (C=O) groups excluding carboxylic acids is 1. The average Bonchev–Trinajstić information content (AvgIpc) is 2.89. The zero-order valence-corrected chi connectivity index (χ0v) is 10.5. The summed E-state index contributed by atoms with van der Waals surface area (Å²) in [7, 11) is 0. The van der Waals surface area contributed by atoms with Gasteiger partial charge in [-0.25, -0.2) is 0 Å². The number of rotatable bonds is 4. The smallest absolute Gasteiger partial charge is 0.236 e. The van der Waals surface area contributed by atoms with E-state index in [0.717, 1.165) is 25.9 Å². The minimum Gasteiger partial charge on any atom is -0.396 e. The largest absolute Gasteiger partial charge is 0.396 e. The van der Waals surface area contributed by atoms with E-state index < -0.39 is 0 Å². The molecule has 2 N–H and O–H groups in total. The van der Waals surface area contributed by atoms with E-state index >= 15 is 0 Å². The molecule has 0 atom stereocenters. The summed E-state index contributed by atoms with van der Waals surface area (Å²) in [5, 5.41) is 12.4. The van der Waals surface area contributed by atoms with Gasteiger partial charge in [0.1, 0.15) is 0 Å². The Morgan fingerprint density at radius 2 is 1.82 bits per heavy atom. The summed E-state index contributed by atoms with van der Waals surface area (Å²) in [5.74, 6) is 0.634. The minimum atomic E-state index is 0.230. The van der Waals surface area contributed by atoms with Crippen molar-refractivity contribution in [3.63, 3.8) is 0 Å². The van der Waals surface area contributed by atoms with Crippen LogP contribution in [0.3, 0.4) is 0 Å². The fourth-order valence-electron chi connectivity index (χ4n) is 2.84. The molecule has 0 aromatic carbocycles. The van der Waals surface area contributed by atoms with E-state index in [1.165, 1.54) is 25.7 Å². The molecule has 0 radical (unpaired) electrons. The molecule has 4 heteroatoms. The number of aliphatic hydroxyl groups is 1. The van der Waals surface area contributed by atoms with Gasteiger partial charge in [0.15, 0.2) is 0 Å². The van der Waals surface area contributed by atoms with E-state index in [1.54, 1.807) is 0 Å². The Morgan fingerprint density at radius 3 is 2.41 bits per heavy atom. The Labute approximate surface area is 103 Å². The third kappa shape index (κ3) is 3.68. The normalized spacial score (nSPS) is 23.2. The van der Waals surface area contributed by atoms with Gasteiger partial charge in [-0.3, -0.25) is 4.79 Å². The van der Waals surface area contributed by atoms with Crippen LogP contribution < -0.4 is 5.32 Å². The molecule has 0 aromatic rings. The molecule has 2 aliphatic rings. The Hall–Kier alpha value is -0.610. The predicted molar refractivity (Wildman–Crippen MR) is 66.6 cm³/mol. The summed E-state index contributed by atoms with van der Waals surface area (Å²) in [6.07, 6.45) is 6.94. The molecule has 2 fully saturated rings. The molecule has 2 rings (SSSR count). The zero-order valence-electron chi connectivity index (χ0n) is 10.5. The van der Waals surface area contributed by atoms with Crippen molar-refractivity contribution in [1.29, 1.82) is 0 Å². The van der Waals surface area contributed by atoms with Gasteiger partial charge < -0.3 is 15.3 Å². The van der Waals surface area contributed by atoms with Crippen molar-refractivity contribution in [3.8, 4) is 0 Å². The number of nitrogens with one attached hydrogen (secondary N) is 1. The van der Waals surface area contributed by atoms with Crippen molar-refractivity contribution in [3.05, 3.63) is 0 Å². The summed E-state index contributed by atoms with van der Waals surface area (Å²) >= 11 is 0. The fourth-order valence-corrected chi connectivity index (χ4v) is 2.84. The Balaban J connectivity index is 1.66. The molecule has 0 aromatic heterocycles. The molecule has 4 nitrogen and oxygen atoms in total. The molecule has 0 unspecified atom stereocenters. The molecular weight excluding hydrogens is 216 g/mol. The van der Waals surface area contributed by atoms with E-state index in [9.17, 15) is 4.79 Å². The summed E-state index contributed by atoms with van der Waals surface area (Å²) in [6.45, 7) is 2.39. The molecule has 1 amide bonds. The van der Waals surface area contributed by atoms with Crippen molar-refractivity contribution in [1.82, 2.24) is 10.2 Å². The molecular formula is C13H24N2O2. The molecule has 1 saturated carbocycles. The number of aliphatic hydroxyl groups excluding tert-OH is 1. The number of hydrogen-bond donors (Lipinski definition) is 2. The van der Waals surface area contributed by atoms with Gasteiger partial charge in [0.2, 0.25) is 5.91 Å². The van der Waals surface area contributed by atoms with Crippen LogP contribution in [0.15, 0.2) is 0 Å². The van der Waals surface area contributed by atoms with Gasteiger partial charge in [0.05, 0.1) is 6.54 Å². The third-order valence-electron chi connectivity index (χ3n) is 4.12. The molecule has 1 aliphatic carbocycles. The number of nitrogens with zero attached hydrogens (tertiary/aromatic N) is 1. The number of hydrogen-bond acceptors (Lipinski definition) is 3. The fraction of sp³-hybridized carbons (Fsp3) is 0.923. The highest BCUT2D eigenvalue weighted by molar-refractivity contribution is 5.78. The molecule has 1 saturated heterocycles. The summed E-state index contributed by atoms with van der Waals surface area (Å²) < 4.78 is 0. The second-order valence-corrected chi connectivity index (χ2v) is 5.37. The highest BCUT2D eigenvalue weighted by atomic mass is 16.3. The van der Waals surface area contributed by atoms with Crippen molar-refractivity contribution < 1.29 is 9.90 Å². The lowest BCUT2D eigenvalue weighted by molar-refractivity contribution is -0.131. The highest BCUT2D eigenvalue weighted by Crippen LogP contribution is 2.18. The topological polar surface area (TPSA) is 52.6 Å². The summed E-state index contributed by atoms with van der Waals surface area (Å²) in [6, 6.07) is 0.564. The third-order valence-corrected chi connectivity index (χ3v) is 4.12. The van der Waals surface area contributed by atoms with Crippen LogP contribution in [0.2, 0.25) is 0 Å². The maximum Gasteiger partial charge on any atom is 0.236 e. The molecule has 1 heterocycles. The molecule has 17 heavy (non-hydrogen) atoms. The highest BCUT2D eigenvalue weighted by Gasteiger charge is 2.23. The monoisotopic (exact) mass is 240 g/mol. The van der Waals surface area contributed by atoms with Crippen molar-refractivity contribution in [2.24, 2.45) is 5.92 Å². The first-order valence-corrected chi connectivity index (χ1v) is 6.91. The first-order valence-electron chi connectivity index (χ1n) is 6.91. The van der Waals surface area contributed by atoms with Crippen LogP contribution >= 0.6 is 0 Å². The van der Waals surface area contributed by atoms with Gasteiger partial charge in [-0.2, -0.15) is 0 Å². The molecule has 1 aliphatic heterocycles. The van der Waals surface area contributed by atoms with E-state index in [-0.39, 0.29) is 12.5 Å². The first kappa shape index (κ1) is 12.8. The van der Waals surface area contributed by atoms with Gasteiger partial charge >= 0.3 is 0 Å². The quantitative estimate of drug-likeness (QED) is 0.762. The lowest BCUT2D eigenvalue weighted by Gasteiger charge is -2.31. The number of amides is 1. The van der Waals surface area contributed by atoms with Gasteiger partial charge in [0, 0.05) is 25.7 Å². The summed E-state index contributed by atoms with van der Waals surface area (Å²) in [5.41, 5.74) is 0. The standard InChI is InChI=1S/C13H24N2O2/c16-10-11-5-7-15(8-6-11)13(17)9-14-12-3-1-2-4-12/h11-12,14,16H,1-10H2. The number of piperidine rings is 1. The Bertz CT molecular complexity index is 244. The lowest BCUT2D eigenvalue weighted by Crippen LogP contribution is -2.44. The van der Waals surface area contributed by atoms with Crippen molar-refractivity contribution in [2.75, 3.05) is 26.2 Å². The predicted octanol–water partition coefficient (Wildman–Crippen LogP) is 0.749. The van der Waals surface area contributed by atoms with Crippen LogP contribution in [-0.2, 0) is 4.79 Å². The SMILES string of the molecule is O=C(CNC1CCCC1)N1CCC(CO)CC1.